The fourth-order valence-corrected chi connectivity index (χ4v) is 1.97. The molecule has 2 amide bonds. The molecule has 0 radical (unpaired) electrons. The maximum Gasteiger partial charge on any atom is 0.338 e. The SMILES string of the molecule is CCOC(=O)c1ccc(NC(=O)N2CCNCC2)cc1. The Labute approximate surface area is 118 Å². The zero-order chi connectivity index (χ0) is 14.4. The molecule has 0 aliphatic carbocycles. The monoisotopic (exact) mass is 277 g/mol. The van der Waals surface area contributed by atoms with Gasteiger partial charge in [-0.2, -0.15) is 0 Å². The van der Waals surface area contributed by atoms with E-state index >= 15 is 0 Å². The van der Waals surface area contributed by atoms with Crippen LogP contribution in [0, 0.1) is 0 Å². The molecule has 2 rings (SSSR count). The van der Waals surface area contributed by atoms with Crippen molar-refractivity contribution in [1.82, 2.24) is 10.2 Å². The lowest BCUT2D eigenvalue weighted by Gasteiger charge is -2.27. The number of rotatable bonds is 3. The Balaban J connectivity index is 1.92. The van der Waals surface area contributed by atoms with Crippen LogP contribution in [-0.4, -0.2) is 49.7 Å². The van der Waals surface area contributed by atoms with Crippen LogP contribution in [0.5, 0.6) is 0 Å². The van der Waals surface area contributed by atoms with Gasteiger partial charge in [-0.05, 0) is 31.2 Å². The van der Waals surface area contributed by atoms with Crippen molar-refractivity contribution in [3.8, 4) is 0 Å². The molecular formula is C14H19N3O3. The van der Waals surface area contributed by atoms with Crippen LogP contribution in [0.15, 0.2) is 24.3 Å². The third-order valence-corrected chi connectivity index (χ3v) is 3.05. The number of nitrogens with one attached hydrogen (secondary N) is 2. The number of ether oxygens (including phenoxy) is 1. The van der Waals surface area contributed by atoms with Gasteiger partial charge in [0.15, 0.2) is 0 Å². The molecular weight excluding hydrogens is 258 g/mol. The maximum absolute atomic E-state index is 12.0. The first-order valence-corrected chi connectivity index (χ1v) is 6.74. The molecule has 0 saturated carbocycles. The summed E-state index contributed by atoms with van der Waals surface area (Å²) < 4.78 is 4.90. The van der Waals surface area contributed by atoms with Gasteiger partial charge in [0.1, 0.15) is 0 Å². The minimum atomic E-state index is -0.354. The largest absolute Gasteiger partial charge is 0.462 e. The van der Waals surface area contributed by atoms with E-state index in [9.17, 15) is 9.59 Å². The van der Waals surface area contributed by atoms with Crippen LogP contribution in [0.3, 0.4) is 0 Å². The Morgan fingerprint density at radius 1 is 1.25 bits per heavy atom. The molecule has 108 valence electrons. The molecule has 1 saturated heterocycles. The van der Waals surface area contributed by atoms with Gasteiger partial charge in [-0.1, -0.05) is 0 Å². The minimum Gasteiger partial charge on any atom is -0.462 e. The van der Waals surface area contributed by atoms with Gasteiger partial charge in [0.2, 0.25) is 0 Å². The van der Waals surface area contributed by atoms with Crippen molar-refractivity contribution in [2.75, 3.05) is 38.1 Å². The average molecular weight is 277 g/mol. The third-order valence-electron chi connectivity index (χ3n) is 3.05. The summed E-state index contributed by atoms with van der Waals surface area (Å²) in [6, 6.07) is 6.57. The molecule has 1 fully saturated rings. The molecule has 1 aliphatic rings. The number of carbonyl (C=O) groups is 2. The Morgan fingerprint density at radius 2 is 1.90 bits per heavy atom. The van der Waals surface area contributed by atoms with Gasteiger partial charge in [0.05, 0.1) is 12.2 Å². The summed E-state index contributed by atoms with van der Waals surface area (Å²) >= 11 is 0. The predicted octanol–water partition coefficient (Wildman–Crippen LogP) is 1.30. The lowest BCUT2D eigenvalue weighted by molar-refractivity contribution is 0.0526. The number of hydrogen-bond acceptors (Lipinski definition) is 4. The van der Waals surface area contributed by atoms with Crippen LogP contribution in [-0.2, 0) is 4.74 Å². The maximum atomic E-state index is 12.0. The lowest BCUT2D eigenvalue weighted by Crippen LogP contribution is -2.48. The van der Waals surface area contributed by atoms with E-state index in [1.54, 1.807) is 36.1 Å². The Morgan fingerprint density at radius 3 is 2.50 bits per heavy atom. The average Bonchev–Trinajstić information content (AvgIpc) is 2.49. The Bertz CT molecular complexity index is 467. The number of carbonyl (C=O) groups excluding carboxylic acids is 2. The van der Waals surface area contributed by atoms with Crippen molar-refractivity contribution >= 4 is 17.7 Å². The zero-order valence-corrected chi connectivity index (χ0v) is 11.5. The number of amides is 2. The van der Waals surface area contributed by atoms with Crippen molar-refractivity contribution in [2.45, 2.75) is 6.92 Å². The standard InChI is InChI=1S/C14H19N3O3/c1-2-20-13(18)11-3-5-12(6-4-11)16-14(19)17-9-7-15-8-10-17/h3-6,15H,2,7-10H2,1H3,(H,16,19). The van der Waals surface area contributed by atoms with E-state index in [-0.39, 0.29) is 12.0 Å². The summed E-state index contributed by atoms with van der Waals surface area (Å²) in [7, 11) is 0. The van der Waals surface area contributed by atoms with Crippen molar-refractivity contribution in [3.63, 3.8) is 0 Å². The number of esters is 1. The molecule has 20 heavy (non-hydrogen) atoms. The van der Waals surface area contributed by atoms with E-state index < -0.39 is 0 Å². The summed E-state index contributed by atoms with van der Waals surface area (Å²) in [5.74, 6) is -0.354. The molecule has 0 unspecified atom stereocenters. The molecule has 1 heterocycles. The van der Waals surface area contributed by atoms with Crippen LogP contribution in [0.2, 0.25) is 0 Å². The first-order valence-electron chi connectivity index (χ1n) is 6.74. The fraction of sp³-hybridized carbons (Fsp3) is 0.429. The highest BCUT2D eigenvalue weighted by molar-refractivity contribution is 5.92. The molecule has 6 nitrogen and oxygen atoms in total. The summed E-state index contributed by atoms with van der Waals surface area (Å²) in [6.07, 6.45) is 0. The Hall–Kier alpha value is -2.08. The van der Waals surface area contributed by atoms with E-state index in [0.717, 1.165) is 13.1 Å². The number of urea groups is 1. The van der Waals surface area contributed by atoms with Crippen LogP contribution in [0.1, 0.15) is 17.3 Å². The Kier molecular flexibility index (Phi) is 4.95. The predicted molar refractivity (Wildman–Crippen MR) is 75.9 cm³/mol. The van der Waals surface area contributed by atoms with E-state index in [1.165, 1.54) is 0 Å². The molecule has 0 atom stereocenters. The van der Waals surface area contributed by atoms with Gasteiger partial charge < -0.3 is 20.3 Å². The minimum absolute atomic E-state index is 0.115. The highest BCUT2D eigenvalue weighted by Gasteiger charge is 2.16. The quantitative estimate of drug-likeness (QED) is 0.817. The van der Waals surface area contributed by atoms with Gasteiger partial charge in [-0.25, -0.2) is 9.59 Å². The van der Waals surface area contributed by atoms with Crippen LogP contribution < -0.4 is 10.6 Å². The molecule has 2 N–H and O–H groups in total. The fourth-order valence-electron chi connectivity index (χ4n) is 1.97. The van der Waals surface area contributed by atoms with Crippen LogP contribution >= 0.6 is 0 Å². The summed E-state index contributed by atoms with van der Waals surface area (Å²) in [5, 5.41) is 6.01. The zero-order valence-electron chi connectivity index (χ0n) is 11.5. The number of benzene rings is 1. The summed E-state index contributed by atoms with van der Waals surface area (Å²) in [6.45, 7) is 5.14. The first-order chi connectivity index (χ1) is 9.70. The van der Waals surface area contributed by atoms with E-state index in [0.29, 0.717) is 30.9 Å². The first kappa shape index (κ1) is 14.3. The molecule has 1 aromatic carbocycles. The van der Waals surface area contributed by atoms with Crippen molar-refractivity contribution in [2.24, 2.45) is 0 Å². The topological polar surface area (TPSA) is 70.7 Å². The number of nitrogens with zero attached hydrogens (tertiary/aromatic N) is 1. The second-order valence-electron chi connectivity index (χ2n) is 4.47. The van der Waals surface area contributed by atoms with E-state index in [4.69, 9.17) is 4.74 Å². The molecule has 0 aromatic heterocycles. The van der Waals surface area contributed by atoms with Gasteiger partial charge in [0.25, 0.3) is 0 Å². The summed E-state index contributed by atoms with van der Waals surface area (Å²) in [4.78, 5) is 25.2. The van der Waals surface area contributed by atoms with Crippen LogP contribution in [0.4, 0.5) is 10.5 Å². The lowest BCUT2D eigenvalue weighted by atomic mass is 10.2. The van der Waals surface area contributed by atoms with Gasteiger partial charge in [0, 0.05) is 31.9 Å². The second-order valence-corrected chi connectivity index (χ2v) is 4.47. The second kappa shape index (κ2) is 6.91. The molecule has 1 aromatic rings. The van der Waals surface area contributed by atoms with Crippen molar-refractivity contribution in [3.05, 3.63) is 29.8 Å². The number of hydrogen-bond donors (Lipinski definition) is 2. The van der Waals surface area contributed by atoms with Gasteiger partial charge in [-0.15, -0.1) is 0 Å². The molecule has 6 heteroatoms. The highest BCUT2D eigenvalue weighted by Crippen LogP contribution is 2.11. The highest BCUT2D eigenvalue weighted by atomic mass is 16.5. The summed E-state index contributed by atoms with van der Waals surface area (Å²) in [5.41, 5.74) is 1.15. The molecule has 0 spiro atoms. The van der Waals surface area contributed by atoms with Crippen molar-refractivity contribution < 1.29 is 14.3 Å². The van der Waals surface area contributed by atoms with Gasteiger partial charge >= 0.3 is 12.0 Å². The van der Waals surface area contributed by atoms with E-state index in [1.807, 2.05) is 0 Å². The van der Waals surface area contributed by atoms with Crippen LogP contribution in [0.25, 0.3) is 0 Å². The molecule has 0 bridgehead atoms. The molecule has 1 aliphatic heterocycles. The van der Waals surface area contributed by atoms with Gasteiger partial charge in [-0.3, -0.25) is 0 Å². The number of anilines is 1. The van der Waals surface area contributed by atoms with E-state index in [2.05, 4.69) is 10.6 Å². The smallest absolute Gasteiger partial charge is 0.338 e. The van der Waals surface area contributed by atoms with Crippen molar-refractivity contribution in [1.29, 1.82) is 0 Å². The normalized spacial score (nSPS) is 14.8. The number of piperazine rings is 1. The third kappa shape index (κ3) is 3.71.